The molecule has 1 unspecified atom stereocenters. The monoisotopic (exact) mass is 472 g/mol. The van der Waals surface area contributed by atoms with Gasteiger partial charge < -0.3 is 5.32 Å². The number of carbonyl (C=O) groups excluding carboxylic acids is 1. The van der Waals surface area contributed by atoms with Gasteiger partial charge in [0.1, 0.15) is 0 Å². The molecule has 0 saturated heterocycles. The first kappa shape index (κ1) is 23.9. The Bertz CT molecular complexity index is 1140. The van der Waals surface area contributed by atoms with Gasteiger partial charge in [-0.15, -0.1) is 11.8 Å². The quantitative estimate of drug-likeness (QED) is 0.478. The first-order valence-electron chi connectivity index (χ1n) is 11.5. The summed E-state index contributed by atoms with van der Waals surface area (Å²) in [6.07, 6.45) is 0. The van der Waals surface area contributed by atoms with Crippen molar-refractivity contribution >= 4 is 29.2 Å². The van der Waals surface area contributed by atoms with E-state index in [-0.39, 0.29) is 11.3 Å². The average Bonchev–Trinajstić information content (AvgIpc) is 3.19. The van der Waals surface area contributed by atoms with Crippen molar-refractivity contribution in [1.82, 2.24) is 10.7 Å². The molecule has 0 radical (unpaired) electrons. The first-order chi connectivity index (χ1) is 16.3. The van der Waals surface area contributed by atoms with Gasteiger partial charge in [-0.1, -0.05) is 93.6 Å². The van der Waals surface area contributed by atoms with Gasteiger partial charge >= 0.3 is 0 Å². The Morgan fingerprint density at radius 1 is 0.971 bits per heavy atom. The molecule has 0 aromatic heterocycles. The Hall–Kier alpha value is -3.25. The van der Waals surface area contributed by atoms with Crippen LogP contribution in [0.1, 0.15) is 44.4 Å². The summed E-state index contributed by atoms with van der Waals surface area (Å²) < 4.78 is 0. The van der Waals surface area contributed by atoms with E-state index in [4.69, 9.17) is 5.10 Å². The summed E-state index contributed by atoms with van der Waals surface area (Å²) in [6, 6.07) is 28.7. The first-order valence-corrected chi connectivity index (χ1v) is 12.5. The van der Waals surface area contributed by atoms with Crippen molar-refractivity contribution in [1.29, 1.82) is 0 Å². The van der Waals surface area contributed by atoms with Gasteiger partial charge in [0.15, 0.2) is 10.8 Å². The number of amidine groups is 1. The molecule has 4 rings (SSSR count). The third kappa shape index (κ3) is 5.45. The molecule has 34 heavy (non-hydrogen) atoms. The van der Waals surface area contributed by atoms with Crippen LogP contribution >= 0.6 is 11.8 Å². The predicted octanol–water partition coefficient (Wildman–Crippen LogP) is 5.48. The lowest BCUT2D eigenvalue weighted by atomic mass is 9.86. The van der Waals surface area contributed by atoms with E-state index in [1.165, 1.54) is 17.3 Å². The van der Waals surface area contributed by atoms with Crippen molar-refractivity contribution in [2.24, 2.45) is 5.10 Å². The van der Waals surface area contributed by atoms with Crippen molar-refractivity contribution in [3.63, 3.8) is 0 Å². The number of nitrogens with zero attached hydrogens (tertiary/aromatic N) is 2. The number of hydrogen-bond acceptors (Lipinski definition) is 5. The fourth-order valence-corrected chi connectivity index (χ4v) is 4.81. The van der Waals surface area contributed by atoms with Gasteiger partial charge in [0.2, 0.25) is 5.91 Å². The summed E-state index contributed by atoms with van der Waals surface area (Å²) in [7, 11) is 0. The highest BCUT2D eigenvalue weighted by atomic mass is 32.2. The summed E-state index contributed by atoms with van der Waals surface area (Å²) in [5, 5.41) is 7.73. The molecule has 0 spiro atoms. The van der Waals surface area contributed by atoms with E-state index in [1.54, 1.807) is 0 Å². The molecule has 176 valence electrons. The van der Waals surface area contributed by atoms with Gasteiger partial charge in [-0.3, -0.25) is 15.1 Å². The van der Waals surface area contributed by atoms with E-state index in [1.807, 2.05) is 48.5 Å². The Morgan fingerprint density at radius 2 is 1.59 bits per heavy atom. The van der Waals surface area contributed by atoms with Crippen LogP contribution in [0.2, 0.25) is 0 Å². The Labute approximate surface area is 206 Å². The summed E-state index contributed by atoms with van der Waals surface area (Å²) in [6.45, 7) is 9.22. The SMILES string of the molecule is CC(C)(C)c1ccc(C2=NNC(C)(SCC(=O)NCc3ccccc3)N2c2ccccc2)cc1. The summed E-state index contributed by atoms with van der Waals surface area (Å²) in [5.74, 6) is 1.14. The van der Waals surface area contributed by atoms with Gasteiger partial charge in [-0.2, -0.15) is 5.10 Å². The Morgan fingerprint density at radius 3 is 2.21 bits per heavy atom. The third-order valence-corrected chi connectivity index (χ3v) is 7.09. The number of thioether (sulfide) groups is 1. The van der Waals surface area contributed by atoms with E-state index in [2.05, 4.69) is 79.7 Å². The van der Waals surface area contributed by atoms with Crippen LogP contribution in [0.4, 0.5) is 5.69 Å². The number of nitrogens with one attached hydrogen (secondary N) is 2. The molecule has 1 atom stereocenters. The maximum atomic E-state index is 12.6. The van der Waals surface area contributed by atoms with E-state index in [0.717, 1.165) is 22.6 Å². The van der Waals surface area contributed by atoms with Crippen molar-refractivity contribution in [3.8, 4) is 0 Å². The lowest BCUT2D eigenvalue weighted by molar-refractivity contribution is -0.118. The summed E-state index contributed by atoms with van der Waals surface area (Å²) in [5.41, 5.74) is 7.80. The van der Waals surface area contributed by atoms with Gasteiger partial charge in [0.25, 0.3) is 0 Å². The van der Waals surface area contributed by atoms with Gasteiger partial charge in [0, 0.05) is 17.8 Å². The summed E-state index contributed by atoms with van der Waals surface area (Å²) >= 11 is 1.53. The smallest absolute Gasteiger partial charge is 0.230 e. The Balaban J connectivity index is 1.51. The highest BCUT2D eigenvalue weighted by Crippen LogP contribution is 2.37. The topological polar surface area (TPSA) is 56.7 Å². The second-order valence-corrected chi connectivity index (χ2v) is 11.0. The van der Waals surface area contributed by atoms with Gasteiger partial charge in [-0.05, 0) is 35.6 Å². The molecule has 0 fully saturated rings. The molecule has 1 aliphatic heterocycles. The number of anilines is 1. The van der Waals surface area contributed by atoms with Crippen molar-refractivity contribution < 1.29 is 4.79 Å². The van der Waals surface area contributed by atoms with E-state index in [0.29, 0.717) is 12.3 Å². The van der Waals surface area contributed by atoms with Crippen LogP contribution < -0.4 is 15.6 Å². The molecule has 3 aromatic carbocycles. The maximum absolute atomic E-state index is 12.6. The lowest BCUT2D eigenvalue weighted by Crippen LogP contribution is -2.50. The molecule has 2 N–H and O–H groups in total. The highest BCUT2D eigenvalue weighted by molar-refractivity contribution is 8.01. The van der Waals surface area contributed by atoms with Crippen LogP contribution in [-0.4, -0.2) is 22.5 Å². The molecule has 1 amide bonds. The van der Waals surface area contributed by atoms with Crippen LogP contribution in [0.15, 0.2) is 90.0 Å². The standard InChI is InChI=1S/C28H32N4OS/c1-27(2,3)23-17-15-22(16-18-23)26-30-31-28(4,32(26)24-13-9-6-10-14-24)34-20-25(33)29-19-21-11-7-5-8-12-21/h5-18,31H,19-20H2,1-4H3,(H,29,33). The number of para-hydroxylation sites is 1. The number of benzene rings is 3. The second-order valence-electron chi connectivity index (χ2n) is 9.58. The van der Waals surface area contributed by atoms with Crippen molar-refractivity contribution in [2.45, 2.75) is 44.6 Å². The van der Waals surface area contributed by atoms with Crippen molar-refractivity contribution in [3.05, 3.63) is 102 Å². The molecule has 0 aliphatic carbocycles. The highest BCUT2D eigenvalue weighted by Gasteiger charge is 2.41. The van der Waals surface area contributed by atoms with Crippen LogP contribution in [0.5, 0.6) is 0 Å². The molecule has 0 bridgehead atoms. The number of carbonyl (C=O) groups is 1. The van der Waals surface area contributed by atoms with Crippen molar-refractivity contribution in [2.75, 3.05) is 10.7 Å². The van der Waals surface area contributed by atoms with E-state index in [9.17, 15) is 4.79 Å². The van der Waals surface area contributed by atoms with Crippen LogP contribution in [-0.2, 0) is 16.8 Å². The van der Waals surface area contributed by atoms with E-state index >= 15 is 0 Å². The normalized spacial score (nSPS) is 17.8. The van der Waals surface area contributed by atoms with Gasteiger partial charge in [-0.25, -0.2) is 0 Å². The van der Waals surface area contributed by atoms with Crippen LogP contribution in [0.25, 0.3) is 0 Å². The predicted molar refractivity (Wildman–Crippen MR) is 143 cm³/mol. The molecule has 5 nitrogen and oxygen atoms in total. The van der Waals surface area contributed by atoms with Gasteiger partial charge in [0.05, 0.1) is 5.75 Å². The number of amides is 1. The zero-order chi connectivity index (χ0) is 24.2. The molecule has 6 heteroatoms. The minimum atomic E-state index is -0.608. The number of hydrazone groups is 1. The minimum Gasteiger partial charge on any atom is -0.351 e. The largest absolute Gasteiger partial charge is 0.351 e. The summed E-state index contributed by atoms with van der Waals surface area (Å²) in [4.78, 5) is 14.2. The fraction of sp³-hybridized carbons (Fsp3) is 0.286. The van der Waals surface area contributed by atoms with Crippen LogP contribution in [0, 0.1) is 0 Å². The molecule has 3 aromatic rings. The average molecular weight is 473 g/mol. The molecule has 1 aliphatic rings. The molecule has 1 heterocycles. The zero-order valence-corrected chi connectivity index (χ0v) is 21.0. The third-order valence-electron chi connectivity index (χ3n) is 5.85. The van der Waals surface area contributed by atoms with Crippen LogP contribution in [0.3, 0.4) is 0 Å². The second kappa shape index (κ2) is 9.94. The maximum Gasteiger partial charge on any atom is 0.230 e. The molecular formula is C28H32N4OS. The molecular weight excluding hydrogens is 440 g/mol. The number of rotatable bonds is 7. The minimum absolute atomic E-state index is 0.00660. The Kier molecular flexibility index (Phi) is 6.98. The zero-order valence-electron chi connectivity index (χ0n) is 20.2. The van der Waals surface area contributed by atoms with E-state index < -0.39 is 4.99 Å². The fourth-order valence-electron chi connectivity index (χ4n) is 3.87. The molecule has 0 saturated carbocycles. The number of hydrogen-bond donors (Lipinski definition) is 2. The lowest BCUT2D eigenvalue weighted by Gasteiger charge is -2.36.